The zero-order chi connectivity index (χ0) is 15.3. The van der Waals surface area contributed by atoms with Crippen LogP contribution in [0.3, 0.4) is 0 Å². The summed E-state index contributed by atoms with van der Waals surface area (Å²) in [6.45, 7) is 0. The number of nitrogens with one attached hydrogen (secondary N) is 1. The number of hydrogen-bond acceptors (Lipinski definition) is 4. The van der Waals surface area contributed by atoms with Crippen LogP contribution >= 0.6 is 27.3 Å². The number of thiophene rings is 1. The summed E-state index contributed by atoms with van der Waals surface area (Å²) >= 11 is 5.02. The monoisotopic (exact) mass is 375 g/mol. The molecule has 2 aromatic heterocycles. The molecule has 0 aliphatic heterocycles. The molecule has 3 aromatic rings. The minimum Gasteiger partial charge on any atom is -0.390 e. The molecule has 0 bridgehead atoms. The Morgan fingerprint density at radius 2 is 2.09 bits per heavy atom. The summed E-state index contributed by atoms with van der Waals surface area (Å²) in [5, 5.41) is 1.34. The fourth-order valence-corrected chi connectivity index (χ4v) is 4.60. The van der Waals surface area contributed by atoms with Crippen LogP contribution in [-0.2, 0) is 12.8 Å². The molecule has 112 valence electrons. The quantitative estimate of drug-likeness (QED) is 0.677. The summed E-state index contributed by atoms with van der Waals surface area (Å²) in [6, 6.07) is 5.54. The van der Waals surface area contributed by atoms with Gasteiger partial charge in [-0.15, -0.1) is 11.3 Å². The molecular formula is C16H14BrN3OS. The molecule has 4 nitrogen and oxygen atoms in total. The summed E-state index contributed by atoms with van der Waals surface area (Å²) in [5.41, 5.74) is 8.99. The van der Waals surface area contributed by atoms with Crippen LogP contribution in [-0.4, -0.2) is 9.97 Å². The lowest BCUT2D eigenvalue weighted by Gasteiger charge is -2.12. The van der Waals surface area contributed by atoms with Crippen molar-refractivity contribution >= 4 is 43.2 Å². The highest BCUT2D eigenvalue weighted by Crippen LogP contribution is 2.41. The van der Waals surface area contributed by atoms with Crippen molar-refractivity contribution in [3.8, 4) is 11.4 Å². The lowest BCUT2D eigenvalue weighted by Crippen LogP contribution is -2.11. The zero-order valence-corrected chi connectivity index (χ0v) is 14.2. The first-order valence-electron chi connectivity index (χ1n) is 7.23. The zero-order valence-electron chi connectivity index (χ0n) is 11.8. The first-order chi connectivity index (χ1) is 10.6. The van der Waals surface area contributed by atoms with E-state index in [4.69, 9.17) is 5.73 Å². The maximum Gasteiger partial charge on any atom is 0.259 e. The van der Waals surface area contributed by atoms with Crippen LogP contribution in [0.4, 0.5) is 5.00 Å². The Labute approximate surface area is 139 Å². The average Bonchev–Trinajstić information content (AvgIpc) is 2.83. The predicted octanol–water partition coefficient (Wildman–Crippen LogP) is 3.88. The number of anilines is 1. The molecule has 0 saturated carbocycles. The van der Waals surface area contributed by atoms with E-state index < -0.39 is 0 Å². The number of hydrogen-bond donors (Lipinski definition) is 2. The van der Waals surface area contributed by atoms with Gasteiger partial charge in [-0.1, -0.05) is 15.9 Å². The Bertz CT molecular complexity index is 944. The summed E-state index contributed by atoms with van der Waals surface area (Å²) in [7, 11) is 0. The van der Waals surface area contributed by atoms with Crippen molar-refractivity contribution in [1.29, 1.82) is 0 Å². The van der Waals surface area contributed by atoms with E-state index in [0.29, 0.717) is 16.7 Å². The Morgan fingerprint density at radius 3 is 2.95 bits per heavy atom. The van der Waals surface area contributed by atoms with Gasteiger partial charge >= 0.3 is 0 Å². The standard InChI is InChI=1S/C16H14BrN3OS/c17-8-5-6-11-10(7-8)16(21)20-15(19-11)13-9-3-1-2-4-12(9)22-14(13)18/h5-7H,1-4,18H2,(H,19,20,21). The van der Waals surface area contributed by atoms with Gasteiger partial charge in [-0.3, -0.25) is 4.79 Å². The highest BCUT2D eigenvalue weighted by Gasteiger charge is 2.22. The number of nitrogens with two attached hydrogens (primary N) is 1. The third-order valence-corrected chi connectivity index (χ3v) is 5.72. The van der Waals surface area contributed by atoms with E-state index in [-0.39, 0.29) is 5.56 Å². The summed E-state index contributed by atoms with van der Waals surface area (Å²) < 4.78 is 0.868. The molecule has 3 N–H and O–H groups in total. The number of benzene rings is 1. The second-order valence-electron chi connectivity index (χ2n) is 5.53. The summed E-state index contributed by atoms with van der Waals surface area (Å²) in [4.78, 5) is 21.3. The molecule has 1 aromatic carbocycles. The van der Waals surface area contributed by atoms with E-state index in [1.807, 2.05) is 12.1 Å². The van der Waals surface area contributed by atoms with Crippen molar-refractivity contribution in [3.05, 3.63) is 43.5 Å². The molecule has 0 spiro atoms. The molecular weight excluding hydrogens is 362 g/mol. The van der Waals surface area contributed by atoms with Crippen LogP contribution in [0.2, 0.25) is 0 Å². The summed E-state index contributed by atoms with van der Waals surface area (Å²) in [5.74, 6) is 0.594. The Hall–Kier alpha value is -1.66. The molecule has 2 heterocycles. The Balaban J connectivity index is 1.97. The van der Waals surface area contributed by atoms with Crippen molar-refractivity contribution in [1.82, 2.24) is 9.97 Å². The first-order valence-corrected chi connectivity index (χ1v) is 8.84. The number of aromatic nitrogens is 2. The van der Waals surface area contributed by atoms with Gasteiger partial charge in [0.25, 0.3) is 5.56 Å². The predicted molar refractivity (Wildman–Crippen MR) is 94.4 cm³/mol. The number of aryl methyl sites for hydroxylation is 1. The second kappa shape index (κ2) is 5.21. The minimum atomic E-state index is -0.128. The fraction of sp³-hybridized carbons (Fsp3) is 0.250. The van der Waals surface area contributed by atoms with Crippen molar-refractivity contribution in [2.75, 3.05) is 5.73 Å². The molecule has 0 unspecified atom stereocenters. The molecule has 22 heavy (non-hydrogen) atoms. The number of aromatic amines is 1. The van der Waals surface area contributed by atoms with E-state index in [9.17, 15) is 4.79 Å². The van der Waals surface area contributed by atoms with Crippen molar-refractivity contribution < 1.29 is 0 Å². The highest BCUT2D eigenvalue weighted by molar-refractivity contribution is 9.10. The van der Waals surface area contributed by atoms with Crippen LogP contribution in [0.1, 0.15) is 23.3 Å². The van der Waals surface area contributed by atoms with Gasteiger partial charge in [-0.05, 0) is 49.4 Å². The van der Waals surface area contributed by atoms with Gasteiger partial charge in [0.1, 0.15) is 5.82 Å². The normalized spacial score (nSPS) is 14.2. The molecule has 0 saturated heterocycles. The maximum atomic E-state index is 12.4. The van der Waals surface area contributed by atoms with Crippen LogP contribution < -0.4 is 11.3 Å². The van der Waals surface area contributed by atoms with Crippen LogP contribution in [0.25, 0.3) is 22.3 Å². The molecule has 0 radical (unpaired) electrons. The molecule has 1 aliphatic rings. The van der Waals surface area contributed by atoms with E-state index in [1.165, 1.54) is 23.3 Å². The third kappa shape index (κ3) is 2.18. The van der Waals surface area contributed by atoms with Gasteiger partial charge in [-0.2, -0.15) is 0 Å². The highest BCUT2D eigenvalue weighted by atomic mass is 79.9. The number of nitrogens with zero attached hydrogens (tertiary/aromatic N) is 1. The minimum absolute atomic E-state index is 0.128. The number of H-pyrrole nitrogens is 1. The van der Waals surface area contributed by atoms with Gasteiger partial charge in [0.15, 0.2) is 0 Å². The van der Waals surface area contributed by atoms with Gasteiger partial charge in [0.2, 0.25) is 0 Å². The van der Waals surface area contributed by atoms with Crippen LogP contribution in [0.5, 0.6) is 0 Å². The van der Waals surface area contributed by atoms with Crippen molar-refractivity contribution in [2.45, 2.75) is 25.7 Å². The smallest absolute Gasteiger partial charge is 0.259 e. The van der Waals surface area contributed by atoms with Gasteiger partial charge < -0.3 is 10.7 Å². The van der Waals surface area contributed by atoms with Gasteiger partial charge in [0, 0.05) is 9.35 Å². The SMILES string of the molecule is Nc1sc2c(c1-c1nc3ccc(Br)cc3c(=O)[nH]1)CCCC2. The molecule has 4 rings (SSSR count). The lowest BCUT2D eigenvalue weighted by atomic mass is 9.95. The number of halogens is 1. The number of fused-ring (bicyclic) bond motifs is 2. The lowest BCUT2D eigenvalue weighted by molar-refractivity contribution is 0.697. The number of nitrogen functional groups attached to an aromatic ring is 1. The number of rotatable bonds is 1. The van der Waals surface area contributed by atoms with E-state index in [1.54, 1.807) is 17.4 Å². The first kappa shape index (κ1) is 14.0. The largest absolute Gasteiger partial charge is 0.390 e. The van der Waals surface area contributed by atoms with Crippen molar-refractivity contribution in [2.24, 2.45) is 0 Å². The fourth-order valence-electron chi connectivity index (χ4n) is 3.08. The van der Waals surface area contributed by atoms with Crippen molar-refractivity contribution in [3.63, 3.8) is 0 Å². The van der Waals surface area contributed by atoms with Gasteiger partial charge in [0.05, 0.1) is 21.5 Å². The average molecular weight is 376 g/mol. The molecule has 1 aliphatic carbocycles. The van der Waals surface area contributed by atoms with E-state index in [0.717, 1.165) is 27.9 Å². The maximum absolute atomic E-state index is 12.4. The summed E-state index contributed by atoms with van der Waals surface area (Å²) in [6.07, 6.45) is 4.47. The molecule has 0 atom stereocenters. The molecule has 0 fully saturated rings. The van der Waals surface area contributed by atoms with E-state index in [2.05, 4.69) is 25.9 Å². The second-order valence-corrected chi connectivity index (χ2v) is 7.58. The van der Waals surface area contributed by atoms with E-state index >= 15 is 0 Å². The Kier molecular flexibility index (Phi) is 3.31. The Morgan fingerprint density at radius 1 is 1.27 bits per heavy atom. The van der Waals surface area contributed by atoms with Crippen LogP contribution in [0.15, 0.2) is 27.5 Å². The third-order valence-electron chi connectivity index (χ3n) is 4.10. The topological polar surface area (TPSA) is 71.8 Å². The molecule has 6 heteroatoms. The van der Waals surface area contributed by atoms with Gasteiger partial charge in [-0.25, -0.2) is 4.98 Å². The molecule has 0 amide bonds. The van der Waals surface area contributed by atoms with Crippen LogP contribution in [0, 0.1) is 0 Å².